The molecule has 66 valence electrons. The van der Waals surface area contributed by atoms with Crippen molar-refractivity contribution >= 4 is 13.8 Å². The lowest BCUT2D eigenvalue weighted by Gasteiger charge is -2.04. The van der Waals surface area contributed by atoms with Gasteiger partial charge in [-0.05, 0) is 11.6 Å². The zero-order chi connectivity index (χ0) is 8.97. The molecule has 0 saturated carbocycles. The standard InChI is InChI=1S/C7H7F3NP/c8-11-5-6-3-1-2-4-7(6)12(9)10/h1-4,11H,5H2. The summed E-state index contributed by atoms with van der Waals surface area (Å²) in [4.78, 5) is 0. The fraction of sp³-hybridized carbons (Fsp3) is 0.143. The Labute approximate surface area is 69.5 Å². The van der Waals surface area contributed by atoms with Crippen LogP contribution in [0.2, 0.25) is 0 Å². The highest BCUT2D eigenvalue weighted by Gasteiger charge is 2.12. The van der Waals surface area contributed by atoms with Gasteiger partial charge in [-0.15, -0.1) is 4.48 Å². The molecule has 0 amide bonds. The number of hydrogen-bond acceptors (Lipinski definition) is 1. The predicted octanol–water partition coefficient (Wildman–Crippen LogP) is 2.54. The zero-order valence-electron chi connectivity index (χ0n) is 6.10. The molecular weight excluding hydrogens is 186 g/mol. The first-order valence-corrected chi connectivity index (χ1v) is 4.41. The zero-order valence-corrected chi connectivity index (χ0v) is 6.99. The number of hydrogen-bond donors (Lipinski definition) is 1. The van der Waals surface area contributed by atoms with Crippen LogP contribution in [0.3, 0.4) is 0 Å². The van der Waals surface area contributed by atoms with Gasteiger partial charge >= 0.3 is 0 Å². The molecule has 12 heavy (non-hydrogen) atoms. The summed E-state index contributed by atoms with van der Waals surface area (Å²) in [5, 5.41) is -0.0577. The molecule has 0 bridgehead atoms. The molecule has 0 aliphatic carbocycles. The van der Waals surface area contributed by atoms with Gasteiger partial charge in [-0.25, -0.2) is 0 Å². The van der Waals surface area contributed by atoms with Crippen molar-refractivity contribution in [1.82, 2.24) is 5.54 Å². The van der Waals surface area contributed by atoms with Crippen molar-refractivity contribution in [2.24, 2.45) is 0 Å². The van der Waals surface area contributed by atoms with E-state index in [9.17, 15) is 12.9 Å². The minimum absolute atomic E-state index is 0.0577. The lowest BCUT2D eigenvalue weighted by molar-refractivity contribution is 0.330. The fourth-order valence-corrected chi connectivity index (χ4v) is 1.47. The summed E-state index contributed by atoms with van der Waals surface area (Å²) in [6, 6.07) is 5.93. The Bertz CT molecular complexity index is 254. The normalized spacial score (nSPS) is 10.7. The van der Waals surface area contributed by atoms with Gasteiger partial charge in [0.05, 0.1) is 6.54 Å². The maximum atomic E-state index is 12.3. The largest absolute Gasteiger partial charge is 0.298 e. The summed E-state index contributed by atoms with van der Waals surface area (Å²) in [6.07, 6.45) is 0. The van der Waals surface area contributed by atoms with Crippen molar-refractivity contribution in [3.63, 3.8) is 0 Å². The first-order valence-electron chi connectivity index (χ1n) is 3.29. The predicted molar refractivity (Wildman–Crippen MR) is 43.2 cm³/mol. The van der Waals surface area contributed by atoms with Crippen LogP contribution >= 0.6 is 8.54 Å². The molecule has 0 atom stereocenters. The molecule has 1 nitrogen and oxygen atoms in total. The van der Waals surface area contributed by atoms with E-state index in [1.165, 1.54) is 23.7 Å². The van der Waals surface area contributed by atoms with Gasteiger partial charge in [0.1, 0.15) is 0 Å². The minimum atomic E-state index is -3.13. The third-order valence-electron chi connectivity index (χ3n) is 1.43. The molecular formula is C7H7F3NP. The Kier molecular flexibility index (Phi) is 3.50. The SMILES string of the molecule is FNCc1ccccc1P(F)F. The fourth-order valence-electron chi connectivity index (χ4n) is 0.897. The van der Waals surface area contributed by atoms with Crippen LogP contribution in [0.15, 0.2) is 24.3 Å². The molecule has 0 radical (unpaired) electrons. The Hall–Kier alpha value is -0.600. The maximum absolute atomic E-state index is 12.3. The lowest BCUT2D eigenvalue weighted by atomic mass is 10.2. The summed E-state index contributed by atoms with van der Waals surface area (Å²) in [6.45, 7) is -0.164. The Balaban J connectivity index is 2.92. The number of benzene rings is 1. The monoisotopic (exact) mass is 193 g/mol. The molecule has 0 spiro atoms. The number of halogens is 3. The van der Waals surface area contributed by atoms with Crippen molar-refractivity contribution in [3.8, 4) is 0 Å². The highest BCUT2D eigenvalue weighted by atomic mass is 31.2. The van der Waals surface area contributed by atoms with Crippen molar-refractivity contribution in [2.75, 3.05) is 0 Å². The third-order valence-corrected chi connectivity index (χ3v) is 2.23. The average molecular weight is 193 g/mol. The second kappa shape index (κ2) is 4.43. The summed E-state index contributed by atoms with van der Waals surface area (Å²) in [5.74, 6) is 0. The highest BCUT2D eigenvalue weighted by molar-refractivity contribution is 7.55. The first kappa shape index (κ1) is 9.49. The Morgan fingerprint density at radius 3 is 2.50 bits per heavy atom. The molecule has 5 heteroatoms. The van der Waals surface area contributed by atoms with Gasteiger partial charge in [0.25, 0.3) is 8.54 Å². The third kappa shape index (κ3) is 2.19. The van der Waals surface area contributed by atoms with Gasteiger partial charge in [0.2, 0.25) is 0 Å². The topological polar surface area (TPSA) is 12.0 Å². The Morgan fingerprint density at radius 2 is 1.92 bits per heavy atom. The number of nitrogens with one attached hydrogen (secondary N) is 1. The molecule has 0 heterocycles. The van der Waals surface area contributed by atoms with Crippen molar-refractivity contribution in [2.45, 2.75) is 6.54 Å². The van der Waals surface area contributed by atoms with E-state index in [0.29, 0.717) is 5.56 Å². The molecule has 0 aliphatic rings. The van der Waals surface area contributed by atoms with Crippen LogP contribution < -0.4 is 10.8 Å². The summed E-state index contributed by atoms with van der Waals surface area (Å²) in [7, 11) is -3.13. The summed E-state index contributed by atoms with van der Waals surface area (Å²) >= 11 is 0. The minimum Gasteiger partial charge on any atom is -0.183 e. The van der Waals surface area contributed by atoms with E-state index in [4.69, 9.17) is 0 Å². The lowest BCUT2D eigenvalue weighted by Crippen LogP contribution is -2.10. The molecule has 1 rings (SSSR count). The van der Waals surface area contributed by atoms with Gasteiger partial charge in [-0.1, -0.05) is 18.2 Å². The van der Waals surface area contributed by atoms with Gasteiger partial charge in [-0.3, -0.25) is 0 Å². The van der Waals surface area contributed by atoms with Crippen molar-refractivity contribution in [3.05, 3.63) is 29.8 Å². The molecule has 0 unspecified atom stereocenters. The van der Waals surface area contributed by atoms with E-state index in [1.807, 2.05) is 0 Å². The maximum Gasteiger partial charge on any atom is 0.298 e. The quantitative estimate of drug-likeness (QED) is 0.574. The van der Waals surface area contributed by atoms with E-state index in [-0.39, 0.29) is 11.8 Å². The van der Waals surface area contributed by atoms with Crippen LogP contribution in [0.1, 0.15) is 5.56 Å². The van der Waals surface area contributed by atoms with Crippen molar-refractivity contribution in [1.29, 1.82) is 0 Å². The van der Waals surface area contributed by atoms with E-state index in [0.717, 1.165) is 0 Å². The summed E-state index contributed by atoms with van der Waals surface area (Å²) < 4.78 is 36.2. The molecule has 0 aliphatic heterocycles. The van der Waals surface area contributed by atoms with Crippen LogP contribution in [0.5, 0.6) is 0 Å². The van der Waals surface area contributed by atoms with E-state index in [1.54, 1.807) is 6.07 Å². The molecule has 1 N–H and O–H groups in total. The smallest absolute Gasteiger partial charge is 0.183 e. The molecule has 1 aromatic rings. The molecule has 0 fully saturated rings. The molecule has 0 saturated heterocycles. The van der Waals surface area contributed by atoms with E-state index >= 15 is 0 Å². The van der Waals surface area contributed by atoms with Crippen LogP contribution in [0.25, 0.3) is 0 Å². The highest BCUT2D eigenvalue weighted by Crippen LogP contribution is 2.38. The van der Waals surface area contributed by atoms with Gasteiger partial charge in [0, 0.05) is 5.30 Å². The van der Waals surface area contributed by atoms with Crippen LogP contribution in [0.4, 0.5) is 12.9 Å². The van der Waals surface area contributed by atoms with Crippen LogP contribution in [-0.2, 0) is 6.54 Å². The van der Waals surface area contributed by atoms with Crippen molar-refractivity contribution < 1.29 is 12.9 Å². The first-order chi connectivity index (χ1) is 5.75. The van der Waals surface area contributed by atoms with E-state index in [2.05, 4.69) is 0 Å². The van der Waals surface area contributed by atoms with Crippen LogP contribution in [0, 0.1) is 0 Å². The second-order valence-electron chi connectivity index (χ2n) is 2.17. The summed E-state index contributed by atoms with van der Waals surface area (Å²) in [5.41, 5.74) is 1.67. The van der Waals surface area contributed by atoms with E-state index < -0.39 is 8.54 Å². The van der Waals surface area contributed by atoms with Crippen LogP contribution in [-0.4, -0.2) is 0 Å². The molecule has 0 aromatic heterocycles. The Morgan fingerprint density at radius 1 is 1.25 bits per heavy atom. The number of rotatable bonds is 3. The van der Waals surface area contributed by atoms with Gasteiger partial charge in [-0.2, -0.15) is 13.9 Å². The van der Waals surface area contributed by atoms with Gasteiger partial charge in [0.15, 0.2) is 0 Å². The van der Waals surface area contributed by atoms with Gasteiger partial charge < -0.3 is 0 Å². The molecule has 1 aromatic carbocycles. The average Bonchev–Trinajstić information content (AvgIpc) is 2.05. The second-order valence-corrected chi connectivity index (χ2v) is 3.12.